The molecule has 8 nitrogen and oxygen atoms in total. The summed E-state index contributed by atoms with van der Waals surface area (Å²) in [6, 6.07) is 11.9. The van der Waals surface area contributed by atoms with E-state index in [0.29, 0.717) is 5.69 Å². The first kappa shape index (κ1) is 16.9. The Bertz CT molecular complexity index is 774. The molecule has 0 aliphatic heterocycles. The topological polar surface area (TPSA) is 116 Å². The molecule has 2 aromatic rings. The van der Waals surface area contributed by atoms with Gasteiger partial charge in [-0.2, -0.15) is 0 Å². The highest BCUT2D eigenvalue weighted by molar-refractivity contribution is 5.96. The smallest absolute Gasteiger partial charge is 0.269 e. The predicted molar refractivity (Wildman–Crippen MR) is 87.0 cm³/mol. The molecular weight excluding hydrogens is 314 g/mol. The van der Waals surface area contributed by atoms with Crippen LogP contribution in [0, 0.1) is 10.1 Å². The van der Waals surface area contributed by atoms with Gasteiger partial charge in [0.1, 0.15) is 5.75 Å². The molecule has 8 heteroatoms. The van der Waals surface area contributed by atoms with E-state index in [2.05, 4.69) is 0 Å². The van der Waals surface area contributed by atoms with E-state index < -0.39 is 10.8 Å². The summed E-state index contributed by atoms with van der Waals surface area (Å²) in [6.07, 6.45) is 0. The van der Waals surface area contributed by atoms with Crippen molar-refractivity contribution in [1.29, 1.82) is 0 Å². The van der Waals surface area contributed by atoms with E-state index in [9.17, 15) is 19.7 Å². The van der Waals surface area contributed by atoms with E-state index in [0.717, 1.165) is 0 Å². The first-order valence-electron chi connectivity index (χ1n) is 6.93. The Labute approximate surface area is 137 Å². The Morgan fingerprint density at radius 2 is 1.79 bits per heavy atom. The van der Waals surface area contributed by atoms with E-state index >= 15 is 0 Å². The molecule has 0 aromatic heterocycles. The Hall–Kier alpha value is -3.42. The van der Waals surface area contributed by atoms with Gasteiger partial charge in [0.2, 0.25) is 0 Å². The van der Waals surface area contributed by atoms with E-state index in [-0.39, 0.29) is 29.5 Å². The zero-order valence-electron chi connectivity index (χ0n) is 12.8. The van der Waals surface area contributed by atoms with Crippen LogP contribution in [-0.2, 0) is 4.79 Å². The number of nitrogens with zero attached hydrogens (tertiary/aromatic N) is 2. The molecule has 0 fully saturated rings. The largest absolute Gasteiger partial charge is 0.483 e. The van der Waals surface area contributed by atoms with Crippen molar-refractivity contribution in [2.45, 2.75) is 0 Å². The lowest BCUT2D eigenvalue weighted by atomic mass is 10.2. The third-order valence-corrected chi connectivity index (χ3v) is 3.33. The molecule has 0 radical (unpaired) electrons. The van der Waals surface area contributed by atoms with Gasteiger partial charge in [-0.1, -0.05) is 12.1 Å². The molecule has 0 heterocycles. The summed E-state index contributed by atoms with van der Waals surface area (Å²) in [4.78, 5) is 34.9. The molecule has 124 valence electrons. The zero-order chi connectivity index (χ0) is 17.7. The number of nitro benzene ring substituents is 1. The highest BCUT2D eigenvalue weighted by atomic mass is 16.6. The average Bonchev–Trinajstić information content (AvgIpc) is 2.59. The fourth-order valence-corrected chi connectivity index (χ4v) is 1.97. The standard InChI is InChI=1S/C16H15N3O5/c1-18(11-6-8-12(9-7-11)19(22)23)15(20)10-24-14-5-3-2-4-13(14)16(17)21/h2-9H,10H2,1H3,(H2,17,21). The third kappa shape index (κ3) is 3.86. The lowest BCUT2D eigenvalue weighted by molar-refractivity contribution is -0.384. The van der Waals surface area contributed by atoms with Crippen LogP contribution in [0.3, 0.4) is 0 Å². The summed E-state index contributed by atoms with van der Waals surface area (Å²) < 4.78 is 5.36. The van der Waals surface area contributed by atoms with Crippen LogP contribution in [0.2, 0.25) is 0 Å². The van der Waals surface area contributed by atoms with Gasteiger partial charge in [0.25, 0.3) is 17.5 Å². The van der Waals surface area contributed by atoms with Crippen LogP contribution < -0.4 is 15.4 Å². The van der Waals surface area contributed by atoms with Crippen molar-refractivity contribution in [2.75, 3.05) is 18.6 Å². The molecule has 2 amide bonds. The number of non-ortho nitro benzene ring substituents is 1. The highest BCUT2D eigenvalue weighted by Gasteiger charge is 2.15. The summed E-state index contributed by atoms with van der Waals surface area (Å²) in [5.74, 6) is -0.819. The van der Waals surface area contributed by atoms with Gasteiger partial charge in [-0.3, -0.25) is 19.7 Å². The van der Waals surface area contributed by atoms with Crippen LogP contribution in [-0.4, -0.2) is 30.4 Å². The number of anilines is 1. The normalized spacial score (nSPS) is 10.0. The second-order valence-electron chi connectivity index (χ2n) is 4.88. The summed E-state index contributed by atoms with van der Waals surface area (Å²) in [5.41, 5.74) is 5.84. The van der Waals surface area contributed by atoms with Gasteiger partial charge in [-0.05, 0) is 24.3 Å². The number of benzene rings is 2. The fourth-order valence-electron chi connectivity index (χ4n) is 1.97. The maximum atomic E-state index is 12.2. The molecule has 2 rings (SSSR count). The second kappa shape index (κ2) is 7.23. The number of carbonyl (C=O) groups excluding carboxylic acids is 2. The van der Waals surface area contributed by atoms with E-state index in [1.165, 1.54) is 42.3 Å². The van der Waals surface area contributed by atoms with Crippen molar-refractivity contribution in [3.63, 3.8) is 0 Å². The Morgan fingerprint density at radius 1 is 1.17 bits per heavy atom. The first-order chi connectivity index (χ1) is 11.4. The molecule has 0 saturated carbocycles. The summed E-state index contributed by atoms with van der Waals surface area (Å²) in [6.45, 7) is -0.308. The summed E-state index contributed by atoms with van der Waals surface area (Å²) in [5, 5.41) is 10.6. The lowest BCUT2D eigenvalue weighted by Gasteiger charge is -2.18. The van der Waals surface area contributed by atoms with Crippen molar-refractivity contribution in [1.82, 2.24) is 0 Å². The maximum absolute atomic E-state index is 12.2. The van der Waals surface area contributed by atoms with Crippen molar-refractivity contribution in [3.8, 4) is 5.75 Å². The van der Waals surface area contributed by atoms with Crippen LogP contribution in [0.4, 0.5) is 11.4 Å². The van der Waals surface area contributed by atoms with Crippen LogP contribution in [0.5, 0.6) is 5.75 Å². The zero-order valence-corrected chi connectivity index (χ0v) is 12.8. The van der Waals surface area contributed by atoms with Crippen molar-refractivity contribution in [2.24, 2.45) is 5.73 Å². The van der Waals surface area contributed by atoms with Gasteiger partial charge in [0.15, 0.2) is 6.61 Å². The van der Waals surface area contributed by atoms with Gasteiger partial charge < -0.3 is 15.4 Å². The second-order valence-corrected chi connectivity index (χ2v) is 4.88. The predicted octanol–water partition coefficient (Wildman–Crippen LogP) is 1.74. The number of hydrogen-bond donors (Lipinski definition) is 1. The molecule has 2 aromatic carbocycles. The molecule has 0 aliphatic carbocycles. The van der Waals surface area contributed by atoms with Crippen LogP contribution in [0.1, 0.15) is 10.4 Å². The number of ether oxygens (including phenoxy) is 1. The molecule has 2 N–H and O–H groups in total. The quantitative estimate of drug-likeness (QED) is 0.640. The minimum atomic E-state index is -0.651. The number of nitro groups is 1. The minimum Gasteiger partial charge on any atom is -0.483 e. The van der Waals surface area contributed by atoms with E-state index in [1.54, 1.807) is 18.2 Å². The number of hydrogen-bond acceptors (Lipinski definition) is 5. The SMILES string of the molecule is CN(C(=O)COc1ccccc1C(N)=O)c1ccc([N+](=O)[O-])cc1. The number of primary amides is 1. The van der Waals surface area contributed by atoms with Gasteiger partial charge in [-0.25, -0.2) is 0 Å². The van der Waals surface area contributed by atoms with Crippen LogP contribution in [0.15, 0.2) is 48.5 Å². The molecule has 0 aliphatic rings. The summed E-state index contributed by atoms with van der Waals surface area (Å²) in [7, 11) is 1.52. The number of carbonyl (C=O) groups is 2. The number of likely N-dealkylation sites (N-methyl/N-ethyl adjacent to an activating group) is 1. The van der Waals surface area contributed by atoms with Crippen LogP contribution in [0.25, 0.3) is 0 Å². The fraction of sp³-hybridized carbons (Fsp3) is 0.125. The van der Waals surface area contributed by atoms with Gasteiger partial charge in [0, 0.05) is 24.9 Å². The van der Waals surface area contributed by atoms with E-state index in [4.69, 9.17) is 10.5 Å². The van der Waals surface area contributed by atoms with Crippen molar-refractivity contribution < 1.29 is 19.2 Å². The Morgan fingerprint density at radius 3 is 2.38 bits per heavy atom. The molecule has 0 atom stereocenters. The Kier molecular flexibility index (Phi) is 5.10. The number of para-hydroxylation sites is 1. The van der Waals surface area contributed by atoms with Gasteiger partial charge >= 0.3 is 0 Å². The number of rotatable bonds is 6. The van der Waals surface area contributed by atoms with Crippen LogP contribution >= 0.6 is 0 Å². The molecule has 0 saturated heterocycles. The molecular formula is C16H15N3O5. The number of nitrogens with two attached hydrogens (primary N) is 1. The lowest BCUT2D eigenvalue weighted by Crippen LogP contribution is -2.31. The summed E-state index contributed by atoms with van der Waals surface area (Å²) >= 11 is 0. The van der Waals surface area contributed by atoms with Crippen molar-refractivity contribution in [3.05, 3.63) is 64.2 Å². The molecule has 24 heavy (non-hydrogen) atoms. The van der Waals surface area contributed by atoms with E-state index in [1.807, 2.05) is 0 Å². The first-order valence-corrected chi connectivity index (χ1v) is 6.93. The van der Waals surface area contributed by atoms with Gasteiger partial charge in [-0.15, -0.1) is 0 Å². The number of amides is 2. The van der Waals surface area contributed by atoms with Crippen molar-refractivity contribution >= 4 is 23.2 Å². The molecule has 0 unspecified atom stereocenters. The minimum absolute atomic E-state index is 0.0637. The third-order valence-electron chi connectivity index (χ3n) is 3.33. The van der Waals surface area contributed by atoms with Gasteiger partial charge in [0.05, 0.1) is 10.5 Å². The Balaban J connectivity index is 2.04. The average molecular weight is 329 g/mol. The molecule has 0 bridgehead atoms. The highest BCUT2D eigenvalue weighted by Crippen LogP contribution is 2.20. The maximum Gasteiger partial charge on any atom is 0.269 e. The molecule has 0 spiro atoms. The monoisotopic (exact) mass is 329 g/mol.